The van der Waals surface area contributed by atoms with Crippen LogP contribution in [0, 0.1) is 6.92 Å². The van der Waals surface area contributed by atoms with Gasteiger partial charge in [0.05, 0.1) is 29.2 Å². The predicted octanol–water partition coefficient (Wildman–Crippen LogP) is 4.38. The van der Waals surface area contributed by atoms with E-state index in [9.17, 15) is 4.79 Å². The van der Waals surface area contributed by atoms with Gasteiger partial charge in [-0.3, -0.25) is 0 Å². The predicted molar refractivity (Wildman–Crippen MR) is 107 cm³/mol. The summed E-state index contributed by atoms with van der Waals surface area (Å²) in [4.78, 5) is 12.2. The Labute approximate surface area is 163 Å². The number of halogens is 1. The molecule has 4 rings (SSSR count). The zero-order chi connectivity index (χ0) is 19.3. The summed E-state index contributed by atoms with van der Waals surface area (Å²) >= 11 is 6.34. The van der Waals surface area contributed by atoms with E-state index in [1.54, 1.807) is 6.07 Å². The minimum absolute atomic E-state index is 0.263. The summed E-state index contributed by atoms with van der Waals surface area (Å²) in [6, 6.07) is 7.63. The monoisotopic (exact) mass is 387 g/mol. The maximum absolute atomic E-state index is 12.2. The van der Waals surface area contributed by atoms with E-state index < -0.39 is 5.97 Å². The number of aryl methyl sites for hydroxylation is 1. The number of benzene rings is 2. The van der Waals surface area contributed by atoms with E-state index in [1.807, 2.05) is 39.0 Å². The normalized spacial score (nSPS) is 18.6. The molecule has 2 aliphatic rings. The number of rotatable bonds is 3. The topological polar surface area (TPSA) is 71.6 Å². The molecule has 0 aromatic heterocycles. The van der Waals surface area contributed by atoms with Crippen molar-refractivity contribution in [2.75, 3.05) is 23.1 Å². The number of hydrogen-bond donors (Lipinski definition) is 3. The van der Waals surface area contributed by atoms with Crippen molar-refractivity contribution in [3.05, 3.63) is 46.0 Å². The van der Waals surface area contributed by atoms with Gasteiger partial charge in [0.1, 0.15) is 16.9 Å². The van der Waals surface area contributed by atoms with Crippen molar-refractivity contribution in [3.63, 3.8) is 0 Å². The van der Waals surface area contributed by atoms with Gasteiger partial charge in [-0.05, 0) is 44.5 Å². The van der Waals surface area contributed by atoms with Gasteiger partial charge >= 0.3 is 5.97 Å². The first-order valence-electron chi connectivity index (χ1n) is 8.80. The molecule has 0 spiro atoms. The van der Waals surface area contributed by atoms with Crippen LogP contribution in [0.2, 0.25) is 5.02 Å². The largest absolute Gasteiger partial charge is 0.486 e. The van der Waals surface area contributed by atoms with E-state index in [-0.39, 0.29) is 11.9 Å². The van der Waals surface area contributed by atoms with Gasteiger partial charge in [0, 0.05) is 12.0 Å². The second kappa shape index (κ2) is 6.23. The van der Waals surface area contributed by atoms with Crippen molar-refractivity contribution in [2.45, 2.75) is 39.1 Å². The number of nitrogens with one attached hydrogen (secondary N) is 3. The SMILES string of the molecule is COC(=O)c1cc2c(c3c1OC(C)(C)C3)NC(Nc1ccc(C)cc1Cl)N2. The van der Waals surface area contributed by atoms with Gasteiger partial charge in [-0.15, -0.1) is 0 Å². The third kappa shape index (κ3) is 3.14. The summed E-state index contributed by atoms with van der Waals surface area (Å²) in [7, 11) is 1.37. The lowest BCUT2D eigenvalue weighted by Crippen LogP contribution is -2.31. The Hall–Kier alpha value is -2.60. The fourth-order valence-electron chi connectivity index (χ4n) is 3.59. The number of carbonyl (C=O) groups excluding carboxylic acids is 1. The van der Waals surface area contributed by atoms with Gasteiger partial charge in [0.15, 0.2) is 6.29 Å². The lowest BCUT2D eigenvalue weighted by atomic mass is 9.98. The number of esters is 1. The summed E-state index contributed by atoms with van der Waals surface area (Å²) in [5.41, 5.74) is 4.71. The lowest BCUT2D eigenvalue weighted by molar-refractivity contribution is 0.0590. The van der Waals surface area contributed by atoms with Crippen molar-refractivity contribution >= 4 is 34.6 Å². The molecule has 0 amide bonds. The highest BCUT2D eigenvalue weighted by molar-refractivity contribution is 6.33. The van der Waals surface area contributed by atoms with E-state index in [0.29, 0.717) is 22.8 Å². The Bertz CT molecular complexity index is 943. The molecule has 0 saturated carbocycles. The summed E-state index contributed by atoms with van der Waals surface area (Å²) < 4.78 is 11.0. The number of anilines is 3. The molecule has 1 unspecified atom stereocenters. The van der Waals surface area contributed by atoms with Crippen LogP contribution in [0.1, 0.15) is 35.3 Å². The second-order valence-corrected chi connectivity index (χ2v) is 7.94. The van der Waals surface area contributed by atoms with Crippen molar-refractivity contribution in [1.82, 2.24) is 0 Å². The van der Waals surface area contributed by atoms with Crippen LogP contribution in [0.15, 0.2) is 24.3 Å². The molecule has 6 nitrogen and oxygen atoms in total. The van der Waals surface area contributed by atoms with Crippen LogP contribution in [0.25, 0.3) is 0 Å². The molecular formula is C20H22ClN3O3. The van der Waals surface area contributed by atoms with E-state index in [2.05, 4.69) is 16.0 Å². The minimum atomic E-state index is -0.411. The van der Waals surface area contributed by atoms with Crippen molar-refractivity contribution in [3.8, 4) is 5.75 Å². The van der Waals surface area contributed by atoms with Gasteiger partial charge in [-0.2, -0.15) is 0 Å². The molecule has 3 N–H and O–H groups in total. The van der Waals surface area contributed by atoms with E-state index >= 15 is 0 Å². The number of fused-ring (bicyclic) bond motifs is 3. The maximum Gasteiger partial charge on any atom is 0.341 e. The molecule has 2 aromatic carbocycles. The van der Waals surface area contributed by atoms with Crippen molar-refractivity contribution in [1.29, 1.82) is 0 Å². The molecule has 142 valence electrons. The Morgan fingerprint density at radius 3 is 2.81 bits per heavy atom. The third-order valence-electron chi connectivity index (χ3n) is 4.78. The fraction of sp³-hybridized carbons (Fsp3) is 0.350. The molecule has 0 saturated heterocycles. The lowest BCUT2D eigenvalue weighted by Gasteiger charge is -2.18. The van der Waals surface area contributed by atoms with Crippen LogP contribution in [-0.4, -0.2) is 25.0 Å². The average molecular weight is 388 g/mol. The highest BCUT2D eigenvalue weighted by atomic mass is 35.5. The van der Waals surface area contributed by atoms with Crippen LogP contribution in [0.4, 0.5) is 17.1 Å². The minimum Gasteiger partial charge on any atom is -0.486 e. The highest BCUT2D eigenvalue weighted by Crippen LogP contribution is 2.48. The Kier molecular flexibility index (Phi) is 4.11. The first-order valence-corrected chi connectivity index (χ1v) is 9.18. The van der Waals surface area contributed by atoms with Gasteiger partial charge in [-0.25, -0.2) is 4.79 Å². The van der Waals surface area contributed by atoms with Crippen molar-refractivity contribution < 1.29 is 14.3 Å². The van der Waals surface area contributed by atoms with Gasteiger partial charge in [0.25, 0.3) is 0 Å². The third-order valence-corrected chi connectivity index (χ3v) is 5.09. The first-order chi connectivity index (χ1) is 12.8. The second-order valence-electron chi connectivity index (χ2n) is 7.53. The summed E-state index contributed by atoms with van der Waals surface area (Å²) in [6.07, 6.45) is 0.434. The smallest absolute Gasteiger partial charge is 0.341 e. The molecule has 1 atom stereocenters. The Balaban J connectivity index is 1.67. The van der Waals surface area contributed by atoms with Crippen LogP contribution in [-0.2, 0) is 11.2 Å². The molecule has 7 heteroatoms. The van der Waals surface area contributed by atoms with Crippen molar-refractivity contribution in [2.24, 2.45) is 0 Å². The highest BCUT2D eigenvalue weighted by Gasteiger charge is 2.39. The number of ether oxygens (including phenoxy) is 2. The van der Waals surface area contributed by atoms with Crippen LogP contribution >= 0.6 is 11.6 Å². The number of methoxy groups -OCH3 is 1. The van der Waals surface area contributed by atoms with Gasteiger partial charge in [-0.1, -0.05) is 17.7 Å². The quantitative estimate of drug-likeness (QED) is 0.679. The number of carbonyl (C=O) groups is 1. The Morgan fingerprint density at radius 1 is 1.33 bits per heavy atom. The number of hydrogen-bond acceptors (Lipinski definition) is 6. The summed E-state index contributed by atoms with van der Waals surface area (Å²) in [6.45, 7) is 6.01. The molecular weight excluding hydrogens is 366 g/mol. The standard InChI is InChI=1S/C20H22ClN3O3/c1-10-5-6-14(13(21)7-10)22-19-23-15-8-11(18(25)26-4)17-12(16(15)24-19)9-20(2,3)27-17/h5-8,19,22-24H,9H2,1-4H3. The van der Waals surface area contributed by atoms with Crippen LogP contribution < -0.4 is 20.7 Å². The average Bonchev–Trinajstić information content (AvgIpc) is 3.15. The van der Waals surface area contributed by atoms with E-state index in [0.717, 1.165) is 28.2 Å². The summed E-state index contributed by atoms with van der Waals surface area (Å²) in [5, 5.41) is 10.8. The molecule has 2 heterocycles. The van der Waals surface area contributed by atoms with Crippen LogP contribution in [0.3, 0.4) is 0 Å². The van der Waals surface area contributed by atoms with E-state index in [4.69, 9.17) is 21.1 Å². The molecule has 0 fully saturated rings. The Morgan fingerprint density at radius 2 is 2.11 bits per heavy atom. The van der Waals surface area contributed by atoms with Crippen LogP contribution in [0.5, 0.6) is 5.75 Å². The molecule has 2 aliphatic heterocycles. The molecule has 0 radical (unpaired) electrons. The molecule has 0 bridgehead atoms. The summed E-state index contributed by atoms with van der Waals surface area (Å²) in [5.74, 6) is 0.181. The van der Waals surface area contributed by atoms with E-state index in [1.165, 1.54) is 7.11 Å². The first kappa shape index (κ1) is 17.8. The maximum atomic E-state index is 12.2. The molecule has 2 aromatic rings. The van der Waals surface area contributed by atoms with Gasteiger partial charge in [0.2, 0.25) is 0 Å². The molecule has 0 aliphatic carbocycles. The zero-order valence-corrected chi connectivity index (χ0v) is 16.5. The molecule has 27 heavy (non-hydrogen) atoms. The zero-order valence-electron chi connectivity index (χ0n) is 15.7. The fourth-order valence-corrected chi connectivity index (χ4v) is 3.87. The van der Waals surface area contributed by atoms with Gasteiger partial charge < -0.3 is 25.4 Å².